The zero-order valence-electron chi connectivity index (χ0n) is 11.5. The summed E-state index contributed by atoms with van der Waals surface area (Å²) >= 11 is 0. The molecule has 0 aromatic heterocycles. The summed E-state index contributed by atoms with van der Waals surface area (Å²) in [6.07, 6.45) is 0.869. The molecule has 0 aliphatic carbocycles. The van der Waals surface area contributed by atoms with Crippen LogP contribution < -0.4 is 10.5 Å². The van der Waals surface area contributed by atoms with Gasteiger partial charge in [0.1, 0.15) is 5.75 Å². The number of benzene rings is 2. The molecular formula is C16H17NO3S. The number of nitrogens with two attached hydrogens (primary N) is 1. The van der Waals surface area contributed by atoms with Crippen molar-refractivity contribution in [2.24, 2.45) is 5.73 Å². The fourth-order valence-electron chi connectivity index (χ4n) is 2.59. The van der Waals surface area contributed by atoms with Crippen LogP contribution in [0.4, 0.5) is 0 Å². The fourth-order valence-corrected chi connectivity index (χ4v) is 3.89. The maximum atomic E-state index is 12.6. The topological polar surface area (TPSA) is 69.4 Å². The van der Waals surface area contributed by atoms with Gasteiger partial charge in [0, 0.05) is 5.92 Å². The Hall–Kier alpha value is -1.85. The fraction of sp³-hybridized carbons (Fsp3) is 0.250. The van der Waals surface area contributed by atoms with E-state index in [-0.39, 0.29) is 15.7 Å². The van der Waals surface area contributed by atoms with Gasteiger partial charge in [0.05, 0.1) is 16.4 Å². The van der Waals surface area contributed by atoms with Gasteiger partial charge in [-0.3, -0.25) is 0 Å². The molecule has 1 atom stereocenters. The average molecular weight is 303 g/mol. The van der Waals surface area contributed by atoms with Gasteiger partial charge in [0.15, 0.2) is 0 Å². The molecule has 3 rings (SSSR count). The Bertz CT molecular complexity index is 741. The van der Waals surface area contributed by atoms with E-state index in [0.29, 0.717) is 18.9 Å². The molecule has 1 heterocycles. The quantitative estimate of drug-likeness (QED) is 0.945. The Morgan fingerprint density at radius 1 is 1.10 bits per heavy atom. The second-order valence-electron chi connectivity index (χ2n) is 5.09. The normalized spacial score (nSPS) is 17.9. The van der Waals surface area contributed by atoms with Crippen LogP contribution in [0.15, 0.2) is 58.3 Å². The summed E-state index contributed by atoms with van der Waals surface area (Å²) in [6.45, 7) is 1.12. The summed E-state index contributed by atoms with van der Waals surface area (Å²) in [5.74, 6) is 0.871. The summed E-state index contributed by atoms with van der Waals surface area (Å²) in [7, 11) is -3.51. The smallest absolute Gasteiger partial charge is 0.206 e. The molecule has 2 aromatic carbocycles. The van der Waals surface area contributed by atoms with Crippen molar-refractivity contribution >= 4 is 9.84 Å². The summed E-state index contributed by atoms with van der Waals surface area (Å²) in [4.78, 5) is 0.543. The van der Waals surface area contributed by atoms with Crippen molar-refractivity contribution in [3.8, 4) is 5.75 Å². The van der Waals surface area contributed by atoms with Crippen LogP contribution in [-0.2, 0) is 9.84 Å². The van der Waals surface area contributed by atoms with Crippen LogP contribution in [0, 0.1) is 0 Å². The molecule has 1 unspecified atom stereocenters. The predicted octanol–water partition coefficient (Wildman–Crippen LogP) is 2.34. The molecule has 5 heteroatoms. The Labute approximate surface area is 124 Å². The highest BCUT2D eigenvalue weighted by molar-refractivity contribution is 7.91. The second-order valence-corrected chi connectivity index (χ2v) is 7.04. The van der Waals surface area contributed by atoms with E-state index in [0.717, 1.165) is 12.0 Å². The van der Waals surface area contributed by atoms with Crippen molar-refractivity contribution in [3.05, 3.63) is 54.1 Å². The Morgan fingerprint density at radius 3 is 2.57 bits per heavy atom. The maximum Gasteiger partial charge on any atom is 0.206 e. The molecule has 0 saturated heterocycles. The first-order valence-corrected chi connectivity index (χ1v) is 8.38. The maximum absolute atomic E-state index is 12.6. The van der Waals surface area contributed by atoms with Gasteiger partial charge in [-0.1, -0.05) is 24.3 Å². The number of hydrogen-bond donors (Lipinski definition) is 1. The first-order valence-electron chi connectivity index (χ1n) is 6.90. The van der Waals surface area contributed by atoms with Gasteiger partial charge >= 0.3 is 0 Å². The van der Waals surface area contributed by atoms with Crippen LogP contribution in [0.1, 0.15) is 17.9 Å². The van der Waals surface area contributed by atoms with Gasteiger partial charge in [-0.2, -0.15) is 0 Å². The van der Waals surface area contributed by atoms with Crippen molar-refractivity contribution < 1.29 is 13.2 Å². The van der Waals surface area contributed by atoms with Crippen molar-refractivity contribution in [2.75, 3.05) is 13.2 Å². The van der Waals surface area contributed by atoms with Crippen molar-refractivity contribution in [1.29, 1.82) is 0 Å². The minimum Gasteiger partial charge on any atom is -0.493 e. The molecule has 0 bridgehead atoms. The van der Waals surface area contributed by atoms with Crippen LogP contribution in [0.25, 0.3) is 0 Å². The third-order valence-corrected chi connectivity index (χ3v) is 5.56. The number of hydrogen-bond acceptors (Lipinski definition) is 4. The highest BCUT2D eigenvalue weighted by Gasteiger charge is 2.24. The lowest BCUT2D eigenvalue weighted by molar-refractivity contribution is 0.268. The average Bonchev–Trinajstić information content (AvgIpc) is 2.54. The minimum atomic E-state index is -3.51. The molecule has 21 heavy (non-hydrogen) atoms. The first-order chi connectivity index (χ1) is 10.1. The SMILES string of the molecule is NCC1CCOc2cc(S(=O)(=O)c3ccccc3)ccc21. The summed E-state index contributed by atoms with van der Waals surface area (Å²) in [5.41, 5.74) is 6.76. The van der Waals surface area contributed by atoms with Gasteiger partial charge in [-0.25, -0.2) is 8.42 Å². The molecule has 110 valence electrons. The summed E-state index contributed by atoms with van der Waals surface area (Å²) in [5, 5.41) is 0. The van der Waals surface area contributed by atoms with Crippen LogP contribution in [-0.4, -0.2) is 21.6 Å². The third kappa shape index (κ3) is 2.54. The van der Waals surface area contributed by atoms with Gasteiger partial charge in [0.2, 0.25) is 9.84 Å². The lowest BCUT2D eigenvalue weighted by atomic mass is 9.93. The highest BCUT2D eigenvalue weighted by atomic mass is 32.2. The van der Waals surface area contributed by atoms with Gasteiger partial charge in [0.25, 0.3) is 0 Å². The molecule has 1 aliphatic rings. The third-order valence-electron chi connectivity index (χ3n) is 3.80. The van der Waals surface area contributed by atoms with Crippen LogP contribution in [0.5, 0.6) is 5.75 Å². The number of sulfone groups is 1. The van der Waals surface area contributed by atoms with Crippen molar-refractivity contribution in [2.45, 2.75) is 22.1 Å². The Morgan fingerprint density at radius 2 is 1.86 bits per heavy atom. The second kappa shape index (κ2) is 5.50. The van der Waals surface area contributed by atoms with Gasteiger partial charge in [-0.05, 0) is 42.8 Å². The predicted molar refractivity (Wildman–Crippen MR) is 80.2 cm³/mol. The molecule has 0 saturated carbocycles. The summed E-state index contributed by atoms with van der Waals surface area (Å²) in [6, 6.07) is 13.5. The molecule has 0 amide bonds. The van der Waals surface area contributed by atoms with Crippen molar-refractivity contribution in [3.63, 3.8) is 0 Å². The van der Waals surface area contributed by atoms with E-state index in [2.05, 4.69) is 0 Å². The first kappa shape index (κ1) is 14.1. The molecular weight excluding hydrogens is 286 g/mol. The highest BCUT2D eigenvalue weighted by Crippen LogP contribution is 2.35. The van der Waals surface area contributed by atoms with Crippen molar-refractivity contribution in [1.82, 2.24) is 0 Å². The number of ether oxygens (including phenoxy) is 1. The van der Waals surface area contributed by atoms with Gasteiger partial charge < -0.3 is 10.5 Å². The Balaban J connectivity index is 2.05. The Kier molecular flexibility index (Phi) is 3.69. The van der Waals surface area contributed by atoms with E-state index in [9.17, 15) is 8.42 Å². The minimum absolute atomic E-state index is 0.238. The van der Waals surface area contributed by atoms with Gasteiger partial charge in [-0.15, -0.1) is 0 Å². The number of rotatable bonds is 3. The largest absolute Gasteiger partial charge is 0.493 e. The van der Waals surface area contributed by atoms with Crippen LogP contribution >= 0.6 is 0 Å². The van der Waals surface area contributed by atoms with E-state index in [1.165, 1.54) is 0 Å². The monoisotopic (exact) mass is 303 g/mol. The molecule has 2 N–H and O–H groups in total. The van der Waals surface area contributed by atoms with Crippen LogP contribution in [0.2, 0.25) is 0 Å². The standard InChI is InChI=1S/C16H17NO3S/c17-11-12-8-9-20-16-10-14(6-7-15(12)16)21(18,19)13-4-2-1-3-5-13/h1-7,10,12H,8-9,11,17H2. The van der Waals surface area contributed by atoms with E-state index in [4.69, 9.17) is 10.5 Å². The lowest BCUT2D eigenvalue weighted by Crippen LogP contribution is -2.21. The summed E-state index contributed by atoms with van der Waals surface area (Å²) < 4.78 is 30.8. The van der Waals surface area contributed by atoms with E-state index in [1.54, 1.807) is 42.5 Å². The molecule has 0 radical (unpaired) electrons. The van der Waals surface area contributed by atoms with Crippen LogP contribution in [0.3, 0.4) is 0 Å². The zero-order valence-corrected chi connectivity index (χ0v) is 12.3. The van der Waals surface area contributed by atoms with E-state index < -0.39 is 9.84 Å². The molecule has 2 aromatic rings. The van der Waals surface area contributed by atoms with E-state index in [1.807, 2.05) is 6.07 Å². The number of fused-ring (bicyclic) bond motifs is 1. The molecule has 0 spiro atoms. The molecule has 4 nitrogen and oxygen atoms in total. The molecule has 1 aliphatic heterocycles. The van der Waals surface area contributed by atoms with E-state index >= 15 is 0 Å². The molecule has 0 fully saturated rings. The zero-order chi connectivity index (χ0) is 14.9. The lowest BCUT2D eigenvalue weighted by Gasteiger charge is -2.25.